The lowest BCUT2D eigenvalue weighted by atomic mass is 9.80. The van der Waals surface area contributed by atoms with Crippen LogP contribution in [0.25, 0.3) is 10.8 Å². The first-order valence-electron chi connectivity index (χ1n) is 9.58. The van der Waals surface area contributed by atoms with E-state index in [-0.39, 0.29) is 17.9 Å². The van der Waals surface area contributed by atoms with Gasteiger partial charge in [-0.25, -0.2) is 0 Å². The van der Waals surface area contributed by atoms with Gasteiger partial charge in [0.1, 0.15) is 0 Å². The molecule has 0 aliphatic carbocycles. The zero-order valence-electron chi connectivity index (χ0n) is 15.2. The molecule has 0 saturated carbocycles. The average Bonchev–Trinajstić information content (AvgIpc) is 2.64. The van der Waals surface area contributed by atoms with Crippen LogP contribution in [0.3, 0.4) is 0 Å². The quantitative estimate of drug-likeness (QED) is 0.389. The van der Waals surface area contributed by atoms with Crippen molar-refractivity contribution >= 4 is 50.9 Å². The van der Waals surface area contributed by atoms with Crippen LogP contribution in [-0.2, 0) is 0 Å². The Balaban J connectivity index is 1.62. The lowest BCUT2D eigenvalue weighted by Gasteiger charge is -2.49. The van der Waals surface area contributed by atoms with Gasteiger partial charge in [0.15, 0.2) is 0 Å². The number of hydrogen-bond donors (Lipinski definition) is 1. The number of anilines is 1. The van der Waals surface area contributed by atoms with Gasteiger partial charge in [-0.15, -0.1) is 0 Å². The highest BCUT2D eigenvalue weighted by atomic mass is 127. The molecule has 2 aromatic rings. The molecule has 2 bridgehead atoms. The number of halogens is 1. The Morgan fingerprint density at radius 2 is 1.70 bits per heavy atom. The molecule has 2 aromatic carbocycles. The van der Waals surface area contributed by atoms with Crippen LogP contribution < -0.4 is 5.73 Å². The molecule has 2 fully saturated rings. The van der Waals surface area contributed by atoms with Crippen LogP contribution in [0, 0.1) is 3.57 Å². The molecule has 140 valence electrons. The van der Waals surface area contributed by atoms with Crippen molar-refractivity contribution in [3.63, 3.8) is 0 Å². The van der Waals surface area contributed by atoms with Crippen molar-refractivity contribution in [3.8, 4) is 0 Å². The van der Waals surface area contributed by atoms with Crippen LogP contribution in [0.2, 0.25) is 0 Å². The van der Waals surface area contributed by atoms with Gasteiger partial charge in [0.25, 0.3) is 11.8 Å². The summed E-state index contributed by atoms with van der Waals surface area (Å²) in [5.74, 6) is -0.319. The van der Waals surface area contributed by atoms with Crippen LogP contribution in [0.5, 0.6) is 0 Å². The van der Waals surface area contributed by atoms with Crippen molar-refractivity contribution in [1.29, 1.82) is 0 Å². The average molecular weight is 475 g/mol. The molecule has 0 unspecified atom stereocenters. The molecule has 2 saturated heterocycles. The van der Waals surface area contributed by atoms with Gasteiger partial charge in [0.05, 0.1) is 5.69 Å². The number of piperidine rings is 2. The highest BCUT2D eigenvalue weighted by molar-refractivity contribution is 14.1. The monoisotopic (exact) mass is 475 g/mol. The second-order valence-corrected chi connectivity index (χ2v) is 9.22. The molecule has 0 aromatic heterocycles. The first-order valence-corrected chi connectivity index (χ1v) is 10.7. The fourth-order valence-electron chi connectivity index (χ4n) is 5.30. The summed E-state index contributed by atoms with van der Waals surface area (Å²) in [5, 5.41) is 1.52. The number of nitrogens with two attached hydrogens (primary N) is 1. The fourth-order valence-corrected chi connectivity index (χ4v) is 5.90. The van der Waals surface area contributed by atoms with E-state index in [0.717, 1.165) is 40.0 Å². The minimum absolute atomic E-state index is 0.0184. The number of amides is 2. The number of nitrogens with zero attached hydrogens (tertiary/aromatic N) is 2. The van der Waals surface area contributed by atoms with Gasteiger partial charge < -0.3 is 10.6 Å². The van der Waals surface area contributed by atoms with Crippen LogP contribution in [0.15, 0.2) is 24.3 Å². The Hall–Kier alpha value is -1.67. The maximum atomic E-state index is 13.4. The van der Waals surface area contributed by atoms with Gasteiger partial charge in [-0.3, -0.25) is 14.5 Å². The number of fused-ring (bicyclic) bond motifs is 2. The Kier molecular flexibility index (Phi) is 3.98. The van der Waals surface area contributed by atoms with Crippen molar-refractivity contribution in [3.05, 3.63) is 39.0 Å². The summed E-state index contributed by atoms with van der Waals surface area (Å²) in [5.41, 5.74) is 8.09. The Morgan fingerprint density at radius 3 is 2.41 bits per heavy atom. The third kappa shape index (κ3) is 2.45. The standard InChI is InChI=1S/C21H22IN3O2/c1-24-11-4-2-5-12(24)9-13(8-11)25-20(26)15-7-3-6-14-18(15)16(21(25)27)10-17(22)19(14)23/h3,6-7,10-13H,2,4-5,8-9,23H2,1H3/t11-,12+,13-. The molecule has 0 radical (unpaired) electrons. The van der Waals surface area contributed by atoms with E-state index in [1.807, 2.05) is 24.3 Å². The summed E-state index contributed by atoms with van der Waals surface area (Å²) < 4.78 is 0.857. The van der Waals surface area contributed by atoms with E-state index in [2.05, 4.69) is 34.5 Å². The van der Waals surface area contributed by atoms with E-state index in [1.54, 1.807) is 4.90 Å². The summed E-state index contributed by atoms with van der Waals surface area (Å²) in [6.07, 6.45) is 5.30. The number of benzene rings is 2. The largest absolute Gasteiger partial charge is 0.397 e. The number of rotatable bonds is 1. The highest BCUT2D eigenvalue weighted by Crippen LogP contribution is 2.40. The topological polar surface area (TPSA) is 66.6 Å². The molecule has 5 nitrogen and oxygen atoms in total. The van der Waals surface area contributed by atoms with Crippen molar-refractivity contribution in [2.75, 3.05) is 12.8 Å². The van der Waals surface area contributed by atoms with E-state index in [9.17, 15) is 9.59 Å². The van der Waals surface area contributed by atoms with Crippen LogP contribution in [0.1, 0.15) is 52.8 Å². The summed E-state index contributed by atoms with van der Waals surface area (Å²) in [6.45, 7) is 0. The number of hydrogen-bond acceptors (Lipinski definition) is 4. The Morgan fingerprint density at radius 1 is 1.04 bits per heavy atom. The molecular weight excluding hydrogens is 453 g/mol. The summed E-state index contributed by atoms with van der Waals surface area (Å²) in [7, 11) is 2.19. The van der Waals surface area contributed by atoms with E-state index < -0.39 is 0 Å². The van der Waals surface area contributed by atoms with E-state index >= 15 is 0 Å². The second kappa shape index (κ2) is 6.17. The summed E-state index contributed by atoms with van der Waals surface area (Å²) in [4.78, 5) is 30.8. The number of carbonyl (C=O) groups excluding carboxylic acids is 2. The fraction of sp³-hybridized carbons (Fsp3) is 0.429. The van der Waals surface area contributed by atoms with Crippen LogP contribution >= 0.6 is 22.6 Å². The molecule has 6 heteroatoms. The number of nitrogen functional groups attached to an aromatic ring is 1. The highest BCUT2D eigenvalue weighted by Gasteiger charge is 2.44. The number of carbonyl (C=O) groups is 2. The second-order valence-electron chi connectivity index (χ2n) is 8.06. The molecule has 0 spiro atoms. The lowest BCUT2D eigenvalue weighted by molar-refractivity contribution is 0.0108. The smallest absolute Gasteiger partial charge is 0.261 e. The van der Waals surface area contributed by atoms with E-state index in [4.69, 9.17) is 5.73 Å². The molecule has 3 aliphatic rings. The van der Waals surface area contributed by atoms with Crippen LogP contribution in [-0.4, -0.2) is 46.8 Å². The third-order valence-corrected chi connectivity index (χ3v) is 7.62. The predicted octanol–water partition coefficient (Wildman–Crippen LogP) is 3.64. The molecule has 3 atom stereocenters. The Labute approximate surface area is 172 Å². The maximum Gasteiger partial charge on any atom is 0.261 e. The normalized spacial score (nSPS) is 28.1. The molecule has 27 heavy (non-hydrogen) atoms. The zero-order valence-corrected chi connectivity index (χ0v) is 17.4. The van der Waals surface area contributed by atoms with E-state index in [1.165, 1.54) is 6.42 Å². The van der Waals surface area contributed by atoms with Gasteiger partial charge in [0.2, 0.25) is 0 Å². The van der Waals surface area contributed by atoms with Crippen LogP contribution in [0.4, 0.5) is 5.69 Å². The molecule has 2 amide bonds. The molecule has 2 N–H and O–H groups in total. The van der Waals surface area contributed by atoms with Crippen molar-refractivity contribution in [2.45, 2.75) is 50.2 Å². The third-order valence-electron chi connectivity index (χ3n) is 6.73. The van der Waals surface area contributed by atoms with Gasteiger partial charge in [0, 0.05) is 43.6 Å². The number of imide groups is 1. The first-order chi connectivity index (χ1) is 13.0. The van der Waals surface area contributed by atoms with Gasteiger partial charge in [-0.05, 0) is 67.5 Å². The molecular formula is C21H22IN3O2. The minimum atomic E-state index is -0.161. The molecule has 3 heterocycles. The Bertz CT molecular complexity index is 975. The maximum absolute atomic E-state index is 13.4. The summed E-state index contributed by atoms with van der Waals surface area (Å²) >= 11 is 2.17. The van der Waals surface area contributed by atoms with Gasteiger partial charge >= 0.3 is 0 Å². The van der Waals surface area contributed by atoms with Crippen molar-refractivity contribution in [1.82, 2.24) is 9.80 Å². The SMILES string of the molecule is CN1[C@@H]2CCC[C@H]1C[C@H](N1C(=O)c3cccc4c(N)c(I)cc(c34)C1=O)C2. The lowest BCUT2D eigenvalue weighted by Crippen LogP contribution is -2.58. The zero-order chi connectivity index (χ0) is 18.9. The molecule has 3 aliphatic heterocycles. The summed E-state index contributed by atoms with van der Waals surface area (Å²) in [6, 6.07) is 8.35. The minimum Gasteiger partial charge on any atom is -0.397 e. The first kappa shape index (κ1) is 17.4. The van der Waals surface area contributed by atoms with Gasteiger partial charge in [-0.2, -0.15) is 0 Å². The van der Waals surface area contributed by atoms with E-state index in [0.29, 0.717) is 28.9 Å². The van der Waals surface area contributed by atoms with Crippen molar-refractivity contribution < 1.29 is 9.59 Å². The van der Waals surface area contributed by atoms with Gasteiger partial charge in [-0.1, -0.05) is 18.6 Å². The predicted molar refractivity (Wildman–Crippen MR) is 114 cm³/mol. The van der Waals surface area contributed by atoms with Crippen molar-refractivity contribution in [2.24, 2.45) is 0 Å². The molecule has 5 rings (SSSR count).